The Kier molecular flexibility index (Phi) is 7.45. The number of hydrogen-bond acceptors (Lipinski definition) is 3. The summed E-state index contributed by atoms with van der Waals surface area (Å²) in [5, 5.41) is 3.38. The molecule has 1 atom stereocenters. The highest BCUT2D eigenvalue weighted by Gasteiger charge is 2.23. The molecule has 0 aliphatic carbocycles. The van der Waals surface area contributed by atoms with E-state index in [1.54, 1.807) is 18.2 Å². The summed E-state index contributed by atoms with van der Waals surface area (Å²) >= 11 is 11.9. The number of carbonyl (C=O) groups is 2. The Morgan fingerprint density at radius 1 is 1.11 bits per heavy atom. The average Bonchev–Trinajstić information content (AvgIpc) is 2.60. The normalized spacial score (nSPS) is 11.8. The van der Waals surface area contributed by atoms with Gasteiger partial charge in [-0.15, -0.1) is 0 Å². The number of nitrogens with one attached hydrogen (secondary N) is 3. The van der Waals surface area contributed by atoms with Crippen molar-refractivity contribution in [3.63, 3.8) is 0 Å². The van der Waals surface area contributed by atoms with Gasteiger partial charge in [-0.05, 0) is 42.7 Å². The van der Waals surface area contributed by atoms with Gasteiger partial charge in [0.15, 0.2) is 0 Å². The summed E-state index contributed by atoms with van der Waals surface area (Å²) in [6, 6.07) is 9.51. The first-order valence-corrected chi connectivity index (χ1v) is 9.10. The fourth-order valence-electron chi connectivity index (χ4n) is 2.39. The monoisotopic (exact) mass is 411 g/mol. The second-order valence-corrected chi connectivity index (χ2v) is 7.22. The largest absolute Gasteiger partial charge is 0.340 e. The zero-order chi connectivity index (χ0) is 20.0. The molecule has 5 nitrogen and oxygen atoms in total. The lowest BCUT2D eigenvalue weighted by Gasteiger charge is -2.21. The van der Waals surface area contributed by atoms with Crippen LogP contribution in [0.3, 0.4) is 0 Å². The molecule has 0 spiro atoms. The topological polar surface area (TPSA) is 70.2 Å². The zero-order valence-electron chi connectivity index (χ0n) is 14.9. The molecule has 0 aliphatic heterocycles. The van der Waals surface area contributed by atoms with Crippen LogP contribution in [-0.4, -0.2) is 17.9 Å². The summed E-state index contributed by atoms with van der Waals surface area (Å²) in [5.41, 5.74) is 5.55. The molecule has 0 radical (unpaired) electrons. The van der Waals surface area contributed by atoms with E-state index in [0.29, 0.717) is 22.2 Å². The lowest BCUT2D eigenvalue weighted by atomic mass is 10.0. The molecule has 0 fully saturated rings. The maximum atomic E-state index is 13.8. The molecule has 0 heterocycles. The van der Waals surface area contributed by atoms with Crippen LogP contribution in [0.25, 0.3) is 0 Å². The number of carbonyl (C=O) groups excluding carboxylic acids is 2. The Hall–Kier alpha value is -2.31. The molecule has 2 aromatic carbocycles. The Morgan fingerprint density at radius 2 is 1.81 bits per heavy atom. The number of anilines is 1. The lowest BCUT2D eigenvalue weighted by molar-refractivity contribution is -0.122. The summed E-state index contributed by atoms with van der Waals surface area (Å²) in [6.45, 7) is 3.83. The molecule has 144 valence electrons. The predicted molar refractivity (Wildman–Crippen MR) is 105 cm³/mol. The van der Waals surface area contributed by atoms with Gasteiger partial charge in [0.2, 0.25) is 0 Å². The third kappa shape index (κ3) is 6.12. The third-order valence-electron chi connectivity index (χ3n) is 3.70. The molecule has 0 saturated carbocycles. The highest BCUT2D eigenvalue weighted by Crippen LogP contribution is 2.24. The Morgan fingerprint density at radius 3 is 2.44 bits per heavy atom. The molecular formula is C19H20Cl2FN3O2. The van der Waals surface area contributed by atoms with Crippen LogP contribution in [0.5, 0.6) is 0 Å². The molecule has 3 N–H and O–H groups in total. The first-order valence-electron chi connectivity index (χ1n) is 8.34. The van der Waals surface area contributed by atoms with E-state index in [1.807, 2.05) is 13.8 Å². The first-order chi connectivity index (χ1) is 12.8. The lowest BCUT2D eigenvalue weighted by Crippen LogP contribution is -2.49. The summed E-state index contributed by atoms with van der Waals surface area (Å²) < 4.78 is 13.8. The minimum absolute atomic E-state index is 0.118. The predicted octanol–water partition coefficient (Wildman–Crippen LogP) is 4.42. The van der Waals surface area contributed by atoms with Crippen molar-refractivity contribution in [2.45, 2.75) is 26.3 Å². The van der Waals surface area contributed by atoms with Crippen molar-refractivity contribution in [1.29, 1.82) is 0 Å². The van der Waals surface area contributed by atoms with Gasteiger partial charge in [-0.2, -0.15) is 0 Å². The minimum atomic E-state index is -0.851. The van der Waals surface area contributed by atoms with E-state index >= 15 is 0 Å². The minimum Gasteiger partial charge on any atom is -0.340 e. The summed E-state index contributed by atoms with van der Waals surface area (Å²) in [4.78, 5) is 24.9. The van der Waals surface area contributed by atoms with Gasteiger partial charge >= 0.3 is 0 Å². The van der Waals surface area contributed by atoms with Crippen LogP contribution < -0.4 is 16.2 Å². The summed E-state index contributed by atoms with van der Waals surface area (Å²) in [6.07, 6.45) is 0.377. The summed E-state index contributed by atoms with van der Waals surface area (Å²) in [7, 11) is 0. The Bertz CT molecular complexity index is 830. The van der Waals surface area contributed by atoms with Gasteiger partial charge in [0.05, 0.1) is 16.3 Å². The molecule has 0 bridgehead atoms. The van der Waals surface area contributed by atoms with Crippen molar-refractivity contribution in [1.82, 2.24) is 10.7 Å². The van der Waals surface area contributed by atoms with Gasteiger partial charge in [-0.25, -0.2) is 4.39 Å². The molecule has 2 amide bonds. The van der Waals surface area contributed by atoms with Crippen molar-refractivity contribution < 1.29 is 14.0 Å². The van der Waals surface area contributed by atoms with Crippen molar-refractivity contribution in [3.05, 3.63) is 63.9 Å². The Labute approximate surface area is 167 Å². The quantitative estimate of drug-likeness (QED) is 0.590. The first kappa shape index (κ1) is 21.0. The smallest absolute Gasteiger partial charge is 0.260 e. The van der Waals surface area contributed by atoms with E-state index in [2.05, 4.69) is 16.2 Å². The number of hydrazine groups is 1. The van der Waals surface area contributed by atoms with Crippen LogP contribution in [0.4, 0.5) is 10.1 Å². The van der Waals surface area contributed by atoms with Gasteiger partial charge in [0, 0.05) is 5.02 Å². The van der Waals surface area contributed by atoms with E-state index in [4.69, 9.17) is 23.2 Å². The van der Waals surface area contributed by atoms with Crippen LogP contribution in [-0.2, 0) is 4.79 Å². The number of amides is 2. The Balaban J connectivity index is 2.07. The van der Waals surface area contributed by atoms with Gasteiger partial charge < -0.3 is 5.32 Å². The SMILES string of the molecule is CC(C)CC(NC(=O)c1ccccc1F)C(=O)NNc1ccc(Cl)cc1Cl. The molecular weight excluding hydrogens is 392 g/mol. The van der Waals surface area contributed by atoms with Crippen molar-refractivity contribution in [3.8, 4) is 0 Å². The van der Waals surface area contributed by atoms with Crippen LogP contribution in [0.2, 0.25) is 10.0 Å². The van der Waals surface area contributed by atoms with Crippen molar-refractivity contribution in [2.75, 3.05) is 5.43 Å². The highest BCUT2D eigenvalue weighted by atomic mass is 35.5. The zero-order valence-corrected chi connectivity index (χ0v) is 16.4. The van der Waals surface area contributed by atoms with Crippen LogP contribution in [0.1, 0.15) is 30.6 Å². The second kappa shape index (κ2) is 9.58. The number of rotatable bonds is 7. The molecule has 27 heavy (non-hydrogen) atoms. The maximum absolute atomic E-state index is 13.8. The van der Waals surface area contributed by atoms with Crippen LogP contribution in [0.15, 0.2) is 42.5 Å². The van der Waals surface area contributed by atoms with E-state index in [1.165, 1.54) is 24.3 Å². The van der Waals surface area contributed by atoms with Crippen molar-refractivity contribution >= 4 is 40.7 Å². The third-order valence-corrected chi connectivity index (χ3v) is 4.25. The fourth-order valence-corrected chi connectivity index (χ4v) is 2.85. The molecule has 0 aromatic heterocycles. The second-order valence-electron chi connectivity index (χ2n) is 6.37. The van der Waals surface area contributed by atoms with Gasteiger partial charge in [-0.3, -0.25) is 20.4 Å². The van der Waals surface area contributed by atoms with Crippen LogP contribution >= 0.6 is 23.2 Å². The highest BCUT2D eigenvalue weighted by molar-refractivity contribution is 6.36. The van der Waals surface area contributed by atoms with Crippen LogP contribution in [0, 0.1) is 11.7 Å². The van der Waals surface area contributed by atoms with Gasteiger partial charge in [0.1, 0.15) is 11.9 Å². The molecule has 1 unspecified atom stereocenters. The standard InChI is InChI=1S/C19H20Cl2FN3O2/c1-11(2)9-17(23-18(26)13-5-3-4-6-15(13)22)19(27)25-24-16-8-7-12(20)10-14(16)21/h3-8,10-11,17,24H,9H2,1-2H3,(H,23,26)(H,25,27). The van der Waals surface area contributed by atoms with E-state index < -0.39 is 23.7 Å². The number of benzene rings is 2. The number of halogens is 3. The summed E-state index contributed by atoms with van der Waals surface area (Å²) in [5.74, 6) is -1.65. The number of hydrogen-bond donors (Lipinski definition) is 3. The van der Waals surface area contributed by atoms with E-state index in [9.17, 15) is 14.0 Å². The van der Waals surface area contributed by atoms with E-state index in [-0.39, 0.29) is 11.5 Å². The van der Waals surface area contributed by atoms with Gasteiger partial charge in [-0.1, -0.05) is 49.2 Å². The molecule has 2 aromatic rings. The van der Waals surface area contributed by atoms with Gasteiger partial charge in [0.25, 0.3) is 11.8 Å². The molecule has 8 heteroatoms. The molecule has 0 aliphatic rings. The average molecular weight is 412 g/mol. The maximum Gasteiger partial charge on any atom is 0.260 e. The molecule has 2 rings (SSSR count). The van der Waals surface area contributed by atoms with E-state index in [0.717, 1.165) is 0 Å². The fraction of sp³-hybridized carbons (Fsp3) is 0.263. The van der Waals surface area contributed by atoms with Crippen molar-refractivity contribution in [2.24, 2.45) is 5.92 Å². The molecule has 0 saturated heterocycles.